The van der Waals surface area contributed by atoms with Crippen molar-refractivity contribution in [3.8, 4) is 11.5 Å². The summed E-state index contributed by atoms with van der Waals surface area (Å²) in [6, 6.07) is 3.51. The number of hydrogen-bond acceptors (Lipinski definition) is 5. The molecule has 3 aliphatic heterocycles. The van der Waals surface area contributed by atoms with Crippen molar-refractivity contribution in [1.82, 2.24) is 9.80 Å². The number of ether oxygens (including phenoxy) is 3. The standard InChI is InChI=1S/C20H27N3O5/c1-14-11-17-18(28-10-9-27-17)12-16(14)21-20(25)23-4-2-3-15(13-23)19(24)22-5-7-26-8-6-22/h11-12,15H,2-10,13H2,1H3,(H,21,25). The number of piperidine rings is 1. The molecule has 152 valence electrons. The highest BCUT2D eigenvalue weighted by Gasteiger charge is 2.32. The number of anilines is 1. The third kappa shape index (κ3) is 4.01. The fourth-order valence-corrected chi connectivity index (χ4v) is 3.92. The summed E-state index contributed by atoms with van der Waals surface area (Å²) >= 11 is 0. The van der Waals surface area contributed by atoms with Crippen molar-refractivity contribution >= 4 is 17.6 Å². The molecule has 1 aromatic rings. The zero-order valence-corrected chi connectivity index (χ0v) is 16.2. The molecule has 3 aliphatic rings. The van der Waals surface area contributed by atoms with E-state index in [1.54, 1.807) is 4.90 Å². The van der Waals surface area contributed by atoms with Gasteiger partial charge in [0.15, 0.2) is 11.5 Å². The summed E-state index contributed by atoms with van der Waals surface area (Å²) in [5.74, 6) is 1.34. The molecule has 1 aromatic carbocycles. The van der Waals surface area contributed by atoms with E-state index in [2.05, 4.69) is 5.32 Å². The van der Waals surface area contributed by atoms with Crippen LogP contribution in [0.25, 0.3) is 0 Å². The summed E-state index contributed by atoms with van der Waals surface area (Å²) in [6.45, 7) is 6.52. The molecule has 0 saturated carbocycles. The van der Waals surface area contributed by atoms with E-state index in [0.717, 1.165) is 18.4 Å². The molecule has 1 unspecified atom stereocenters. The highest BCUT2D eigenvalue weighted by molar-refractivity contribution is 5.91. The highest BCUT2D eigenvalue weighted by atomic mass is 16.6. The minimum absolute atomic E-state index is 0.135. The van der Waals surface area contributed by atoms with E-state index in [4.69, 9.17) is 14.2 Å². The van der Waals surface area contributed by atoms with E-state index in [0.29, 0.717) is 69.8 Å². The summed E-state index contributed by atoms with van der Waals surface area (Å²) in [5.41, 5.74) is 1.62. The van der Waals surface area contributed by atoms with Gasteiger partial charge in [-0.15, -0.1) is 0 Å². The molecule has 3 amide bonds. The van der Waals surface area contributed by atoms with E-state index in [1.165, 1.54) is 0 Å². The maximum absolute atomic E-state index is 12.8. The molecule has 2 saturated heterocycles. The fraction of sp³-hybridized carbons (Fsp3) is 0.600. The predicted octanol–water partition coefficient (Wildman–Crippen LogP) is 1.87. The SMILES string of the molecule is Cc1cc2c(cc1NC(=O)N1CCCC(C(=O)N3CCOCC3)C1)OCCO2. The Morgan fingerprint density at radius 1 is 1.00 bits per heavy atom. The van der Waals surface area contributed by atoms with Gasteiger partial charge in [0.2, 0.25) is 5.91 Å². The zero-order chi connectivity index (χ0) is 19.5. The third-order valence-electron chi connectivity index (χ3n) is 5.51. The van der Waals surface area contributed by atoms with Gasteiger partial charge >= 0.3 is 6.03 Å². The van der Waals surface area contributed by atoms with Gasteiger partial charge in [-0.2, -0.15) is 0 Å². The first-order chi connectivity index (χ1) is 13.6. The number of urea groups is 1. The second-order valence-electron chi connectivity index (χ2n) is 7.46. The largest absolute Gasteiger partial charge is 0.486 e. The molecule has 8 heteroatoms. The van der Waals surface area contributed by atoms with Crippen LogP contribution in [0.15, 0.2) is 12.1 Å². The minimum atomic E-state index is -0.181. The van der Waals surface area contributed by atoms with Crippen LogP contribution in [0.4, 0.5) is 10.5 Å². The van der Waals surface area contributed by atoms with Crippen LogP contribution in [0, 0.1) is 12.8 Å². The number of morpholine rings is 1. The summed E-state index contributed by atoms with van der Waals surface area (Å²) < 4.78 is 16.5. The van der Waals surface area contributed by atoms with Gasteiger partial charge in [-0.3, -0.25) is 4.79 Å². The lowest BCUT2D eigenvalue weighted by molar-refractivity contribution is -0.141. The number of rotatable bonds is 2. The lowest BCUT2D eigenvalue weighted by Gasteiger charge is -2.36. The number of hydrogen-bond donors (Lipinski definition) is 1. The van der Waals surface area contributed by atoms with Crippen LogP contribution in [0.5, 0.6) is 11.5 Å². The van der Waals surface area contributed by atoms with E-state index < -0.39 is 0 Å². The molecule has 1 N–H and O–H groups in total. The lowest BCUT2D eigenvalue weighted by Crippen LogP contribution is -2.50. The first-order valence-corrected chi connectivity index (χ1v) is 9.94. The van der Waals surface area contributed by atoms with Gasteiger partial charge in [-0.05, 0) is 31.4 Å². The van der Waals surface area contributed by atoms with Crippen molar-refractivity contribution in [1.29, 1.82) is 0 Å². The number of amides is 3. The summed E-state index contributed by atoms with van der Waals surface area (Å²) in [6.07, 6.45) is 1.65. The van der Waals surface area contributed by atoms with Gasteiger partial charge < -0.3 is 29.3 Å². The Morgan fingerprint density at radius 3 is 2.46 bits per heavy atom. The normalized spacial score (nSPS) is 22.0. The third-order valence-corrected chi connectivity index (χ3v) is 5.51. The molecule has 1 atom stereocenters. The van der Waals surface area contributed by atoms with Gasteiger partial charge in [-0.1, -0.05) is 0 Å². The number of fused-ring (bicyclic) bond motifs is 1. The van der Waals surface area contributed by atoms with Crippen molar-refractivity contribution in [3.05, 3.63) is 17.7 Å². The van der Waals surface area contributed by atoms with Crippen molar-refractivity contribution in [2.45, 2.75) is 19.8 Å². The van der Waals surface area contributed by atoms with Gasteiger partial charge in [0.25, 0.3) is 0 Å². The van der Waals surface area contributed by atoms with Crippen molar-refractivity contribution < 1.29 is 23.8 Å². The number of benzene rings is 1. The topological polar surface area (TPSA) is 80.3 Å². The average molecular weight is 389 g/mol. The highest BCUT2D eigenvalue weighted by Crippen LogP contribution is 2.35. The number of carbonyl (C=O) groups excluding carboxylic acids is 2. The Bertz CT molecular complexity index is 748. The molecular formula is C20H27N3O5. The Balaban J connectivity index is 1.40. The van der Waals surface area contributed by atoms with Crippen LogP contribution in [-0.2, 0) is 9.53 Å². The van der Waals surface area contributed by atoms with E-state index >= 15 is 0 Å². The van der Waals surface area contributed by atoms with Crippen LogP contribution in [0.1, 0.15) is 18.4 Å². The zero-order valence-electron chi connectivity index (χ0n) is 16.2. The second-order valence-corrected chi connectivity index (χ2v) is 7.46. The van der Waals surface area contributed by atoms with Gasteiger partial charge in [0.05, 0.1) is 19.1 Å². The molecule has 2 fully saturated rings. The summed E-state index contributed by atoms with van der Waals surface area (Å²) in [5, 5.41) is 2.98. The number of carbonyl (C=O) groups is 2. The van der Waals surface area contributed by atoms with Crippen LogP contribution in [0.3, 0.4) is 0 Å². The summed E-state index contributed by atoms with van der Waals surface area (Å²) in [7, 11) is 0. The molecule has 28 heavy (non-hydrogen) atoms. The summed E-state index contributed by atoms with van der Waals surface area (Å²) in [4.78, 5) is 29.2. The molecule has 3 heterocycles. The molecule has 0 bridgehead atoms. The molecule has 0 aliphatic carbocycles. The maximum Gasteiger partial charge on any atom is 0.321 e. The van der Waals surface area contributed by atoms with Crippen LogP contribution < -0.4 is 14.8 Å². The van der Waals surface area contributed by atoms with Gasteiger partial charge in [0, 0.05) is 37.9 Å². The van der Waals surface area contributed by atoms with Crippen LogP contribution in [-0.4, -0.2) is 74.3 Å². The monoisotopic (exact) mass is 389 g/mol. The minimum Gasteiger partial charge on any atom is -0.486 e. The molecule has 0 radical (unpaired) electrons. The number of nitrogens with zero attached hydrogens (tertiary/aromatic N) is 2. The lowest BCUT2D eigenvalue weighted by atomic mass is 9.96. The van der Waals surface area contributed by atoms with E-state index in [-0.39, 0.29) is 17.9 Å². The molecule has 8 nitrogen and oxygen atoms in total. The average Bonchev–Trinajstić information content (AvgIpc) is 2.74. The van der Waals surface area contributed by atoms with Crippen molar-refractivity contribution in [3.63, 3.8) is 0 Å². The molecule has 4 rings (SSSR count). The second kappa shape index (κ2) is 8.26. The van der Waals surface area contributed by atoms with Crippen molar-refractivity contribution in [2.24, 2.45) is 5.92 Å². The quantitative estimate of drug-likeness (QED) is 0.835. The first-order valence-electron chi connectivity index (χ1n) is 9.94. The van der Waals surface area contributed by atoms with E-state index in [1.807, 2.05) is 24.0 Å². The Morgan fingerprint density at radius 2 is 1.71 bits per heavy atom. The Labute approximate surface area is 164 Å². The van der Waals surface area contributed by atoms with Gasteiger partial charge in [0.1, 0.15) is 13.2 Å². The van der Waals surface area contributed by atoms with Gasteiger partial charge in [-0.25, -0.2) is 4.79 Å². The molecule has 0 spiro atoms. The predicted molar refractivity (Wildman–Crippen MR) is 103 cm³/mol. The number of aryl methyl sites for hydroxylation is 1. The number of likely N-dealkylation sites (tertiary alicyclic amines) is 1. The Hall–Kier alpha value is -2.48. The maximum atomic E-state index is 12.8. The van der Waals surface area contributed by atoms with Crippen LogP contribution >= 0.6 is 0 Å². The first kappa shape index (κ1) is 18.9. The molecular weight excluding hydrogens is 362 g/mol. The smallest absolute Gasteiger partial charge is 0.321 e. The fourth-order valence-electron chi connectivity index (χ4n) is 3.92. The van der Waals surface area contributed by atoms with Crippen molar-refractivity contribution in [2.75, 3.05) is 57.9 Å². The number of nitrogens with one attached hydrogen (secondary N) is 1. The Kier molecular flexibility index (Phi) is 5.57. The van der Waals surface area contributed by atoms with Crippen LogP contribution in [0.2, 0.25) is 0 Å². The van der Waals surface area contributed by atoms with E-state index in [9.17, 15) is 9.59 Å². The molecule has 0 aromatic heterocycles.